The predicted octanol–water partition coefficient (Wildman–Crippen LogP) is 1.46. The maximum atomic E-state index is 11.8. The molecule has 0 saturated carbocycles. The molecule has 0 heterocycles. The van der Waals surface area contributed by atoms with E-state index < -0.39 is 17.7 Å². The predicted molar refractivity (Wildman–Crippen MR) is 83.8 cm³/mol. The van der Waals surface area contributed by atoms with Crippen molar-refractivity contribution in [1.82, 2.24) is 10.6 Å². The van der Waals surface area contributed by atoms with Crippen LogP contribution in [0.15, 0.2) is 0 Å². The van der Waals surface area contributed by atoms with Gasteiger partial charge in [-0.25, -0.2) is 4.79 Å². The second kappa shape index (κ2) is 11.3. The third-order valence-electron chi connectivity index (χ3n) is 2.39. The number of hydrogen-bond acceptors (Lipinski definition) is 5. The Morgan fingerprint density at radius 2 is 1.64 bits per heavy atom. The first kappa shape index (κ1) is 20.7. The molecular weight excluding hydrogens is 288 g/mol. The Morgan fingerprint density at radius 3 is 2.18 bits per heavy atom. The molecule has 0 aliphatic heterocycles. The maximum Gasteiger partial charge on any atom is 0.408 e. The van der Waals surface area contributed by atoms with Gasteiger partial charge in [0, 0.05) is 13.2 Å². The van der Waals surface area contributed by atoms with E-state index >= 15 is 0 Å². The second-order valence-corrected chi connectivity index (χ2v) is 5.88. The van der Waals surface area contributed by atoms with Gasteiger partial charge in [0.15, 0.2) is 0 Å². The van der Waals surface area contributed by atoms with Crippen molar-refractivity contribution in [2.75, 3.05) is 33.0 Å². The van der Waals surface area contributed by atoms with Gasteiger partial charge in [-0.05, 0) is 34.1 Å². The van der Waals surface area contributed by atoms with Gasteiger partial charge in [-0.2, -0.15) is 0 Å². The highest BCUT2D eigenvalue weighted by molar-refractivity contribution is 5.85. The number of alkyl carbamates (subject to hydrolysis) is 1. The zero-order valence-corrected chi connectivity index (χ0v) is 14.4. The molecule has 0 aliphatic rings. The topological polar surface area (TPSA) is 85.9 Å². The summed E-state index contributed by atoms with van der Waals surface area (Å²) in [6.07, 6.45) is 0.373. The van der Waals surface area contributed by atoms with E-state index in [1.54, 1.807) is 27.7 Å². The van der Waals surface area contributed by atoms with Crippen LogP contribution in [0.1, 0.15) is 41.0 Å². The summed E-state index contributed by atoms with van der Waals surface area (Å²) < 4.78 is 15.6. The molecule has 0 aromatic rings. The van der Waals surface area contributed by atoms with Gasteiger partial charge >= 0.3 is 6.09 Å². The van der Waals surface area contributed by atoms with Crippen LogP contribution in [-0.4, -0.2) is 56.6 Å². The lowest BCUT2D eigenvalue weighted by Crippen LogP contribution is -2.47. The van der Waals surface area contributed by atoms with Crippen molar-refractivity contribution in [2.45, 2.75) is 52.7 Å². The first-order valence-electron chi connectivity index (χ1n) is 7.69. The SMILES string of the molecule is CCCOCCOCCNC(=O)C(C)NC(=O)OC(C)(C)C. The summed E-state index contributed by atoms with van der Waals surface area (Å²) in [5, 5.41) is 5.16. The summed E-state index contributed by atoms with van der Waals surface area (Å²) in [4.78, 5) is 23.3. The molecule has 0 fully saturated rings. The van der Waals surface area contributed by atoms with Gasteiger partial charge in [0.1, 0.15) is 11.6 Å². The molecule has 0 aliphatic carbocycles. The third-order valence-corrected chi connectivity index (χ3v) is 2.39. The average molecular weight is 318 g/mol. The number of nitrogens with one attached hydrogen (secondary N) is 2. The Morgan fingerprint density at radius 1 is 1.05 bits per heavy atom. The second-order valence-electron chi connectivity index (χ2n) is 5.88. The molecular formula is C15H30N2O5. The van der Waals surface area contributed by atoms with Gasteiger partial charge in [0.2, 0.25) is 5.91 Å². The van der Waals surface area contributed by atoms with Gasteiger partial charge in [-0.15, -0.1) is 0 Å². The molecule has 0 bridgehead atoms. The zero-order valence-electron chi connectivity index (χ0n) is 14.4. The van der Waals surface area contributed by atoms with E-state index in [0.29, 0.717) is 26.4 Å². The van der Waals surface area contributed by atoms with E-state index in [1.165, 1.54) is 0 Å². The lowest BCUT2D eigenvalue weighted by atomic mass is 10.2. The van der Waals surface area contributed by atoms with Crippen LogP contribution in [-0.2, 0) is 19.0 Å². The fraction of sp³-hybridized carbons (Fsp3) is 0.867. The highest BCUT2D eigenvalue weighted by atomic mass is 16.6. The highest BCUT2D eigenvalue weighted by Crippen LogP contribution is 2.06. The summed E-state index contributed by atoms with van der Waals surface area (Å²) in [6, 6.07) is -0.664. The molecule has 0 saturated heterocycles. The molecule has 0 aromatic carbocycles. The van der Waals surface area contributed by atoms with Gasteiger partial charge in [-0.1, -0.05) is 6.92 Å². The van der Waals surface area contributed by atoms with Crippen molar-refractivity contribution in [3.8, 4) is 0 Å². The molecule has 7 heteroatoms. The van der Waals surface area contributed by atoms with E-state index in [1.807, 2.05) is 6.92 Å². The van der Waals surface area contributed by atoms with Crippen LogP contribution in [0.5, 0.6) is 0 Å². The van der Waals surface area contributed by atoms with Gasteiger partial charge in [-0.3, -0.25) is 4.79 Å². The fourth-order valence-electron chi connectivity index (χ4n) is 1.42. The van der Waals surface area contributed by atoms with Crippen molar-refractivity contribution in [2.24, 2.45) is 0 Å². The summed E-state index contributed by atoms with van der Waals surface area (Å²) in [6.45, 7) is 11.5. The van der Waals surface area contributed by atoms with Crippen LogP contribution < -0.4 is 10.6 Å². The fourth-order valence-corrected chi connectivity index (χ4v) is 1.42. The monoisotopic (exact) mass is 318 g/mol. The van der Waals surface area contributed by atoms with Gasteiger partial charge < -0.3 is 24.8 Å². The number of hydrogen-bond donors (Lipinski definition) is 2. The molecule has 0 radical (unpaired) electrons. The van der Waals surface area contributed by atoms with E-state index in [4.69, 9.17) is 14.2 Å². The Hall–Kier alpha value is -1.34. The molecule has 2 amide bonds. The molecule has 7 nitrogen and oxygen atoms in total. The lowest BCUT2D eigenvalue weighted by Gasteiger charge is -2.21. The maximum absolute atomic E-state index is 11.8. The minimum absolute atomic E-state index is 0.281. The number of carbonyl (C=O) groups excluding carboxylic acids is 2. The molecule has 2 N–H and O–H groups in total. The van der Waals surface area contributed by atoms with Crippen LogP contribution in [0.4, 0.5) is 4.79 Å². The quantitative estimate of drug-likeness (QED) is 0.596. The molecule has 22 heavy (non-hydrogen) atoms. The minimum atomic E-state index is -0.664. The number of rotatable bonds is 10. The van der Waals surface area contributed by atoms with Crippen LogP contribution in [0.3, 0.4) is 0 Å². The first-order valence-corrected chi connectivity index (χ1v) is 7.69. The van der Waals surface area contributed by atoms with Gasteiger partial charge in [0.05, 0.1) is 19.8 Å². The molecule has 130 valence electrons. The summed E-state index contributed by atoms with van der Waals surface area (Å²) in [5.41, 5.74) is -0.589. The Balaban J connectivity index is 3.68. The van der Waals surface area contributed by atoms with Crippen LogP contribution in [0, 0.1) is 0 Å². The number of amides is 2. The summed E-state index contributed by atoms with van der Waals surface area (Å²) in [7, 11) is 0. The molecule has 0 spiro atoms. The van der Waals surface area contributed by atoms with E-state index in [9.17, 15) is 9.59 Å². The standard InChI is InChI=1S/C15H30N2O5/c1-6-8-20-10-11-21-9-7-16-13(18)12(2)17-14(19)22-15(3,4)5/h12H,6-11H2,1-5H3,(H,16,18)(H,17,19). The van der Waals surface area contributed by atoms with Crippen LogP contribution in [0.2, 0.25) is 0 Å². The van der Waals surface area contributed by atoms with Crippen molar-refractivity contribution in [3.63, 3.8) is 0 Å². The molecule has 1 unspecified atom stereocenters. The van der Waals surface area contributed by atoms with Crippen molar-refractivity contribution < 1.29 is 23.8 Å². The average Bonchev–Trinajstić information content (AvgIpc) is 2.39. The largest absolute Gasteiger partial charge is 0.444 e. The van der Waals surface area contributed by atoms with Crippen LogP contribution >= 0.6 is 0 Å². The van der Waals surface area contributed by atoms with E-state index in [0.717, 1.165) is 13.0 Å². The summed E-state index contributed by atoms with van der Waals surface area (Å²) in [5.74, 6) is -0.281. The normalized spacial score (nSPS) is 12.6. The molecule has 1 atom stereocenters. The molecule has 0 aromatic heterocycles. The minimum Gasteiger partial charge on any atom is -0.444 e. The zero-order chi connectivity index (χ0) is 17.0. The number of carbonyl (C=O) groups is 2. The van der Waals surface area contributed by atoms with Gasteiger partial charge in [0.25, 0.3) is 0 Å². The lowest BCUT2D eigenvalue weighted by molar-refractivity contribution is -0.123. The van der Waals surface area contributed by atoms with Crippen molar-refractivity contribution >= 4 is 12.0 Å². The van der Waals surface area contributed by atoms with Crippen molar-refractivity contribution in [3.05, 3.63) is 0 Å². The van der Waals surface area contributed by atoms with Crippen LogP contribution in [0.25, 0.3) is 0 Å². The van der Waals surface area contributed by atoms with E-state index in [2.05, 4.69) is 10.6 Å². The number of ether oxygens (including phenoxy) is 3. The van der Waals surface area contributed by atoms with Crippen molar-refractivity contribution in [1.29, 1.82) is 0 Å². The van der Waals surface area contributed by atoms with E-state index in [-0.39, 0.29) is 5.91 Å². The third kappa shape index (κ3) is 12.4. The Kier molecular flexibility index (Phi) is 10.6. The smallest absolute Gasteiger partial charge is 0.408 e. The first-order chi connectivity index (χ1) is 10.3. The summed E-state index contributed by atoms with van der Waals surface area (Å²) >= 11 is 0. The Bertz CT molecular complexity index is 328. The highest BCUT2D eigenvalue weighted by Gasteiger charge is 2.20. The molecule has 0 rings (SSSR count). The Labute approximate surface area is 133 Å².